The van der Waals surface area contributed by atoms with E-state index in [9.17, 15) is 22.8 Å². The number of hydrogen-bond donors (Lipinski definition) is 2. The fourth-order valence-electron chi connectivity index (χ4n) is 5.34. The van der Waals surface area contributed by atoms with Crippen LogP contribution in [0.25, 0.3) is 10.8 Å². The van der Waals surface area contributed by atoms with Crippen LogP contribution in [0.5, 0.6) is 11.5 Å². The van der Waals surface area contributed by atoms with Crippen molar-refractivity contribution in [1.82, 2.24) is 10.6 Å². The average molecular weight is 572 g/mol. The molecule has 2 N–H and O–H groups in total. The fraction of sp³-hybridized carbons (Fsp3) is 0.400. The summed E-state index contributed by atoms with van der Waals surface area (Å²) in [6.07, 6.45) is -3.83. The number of hydrogen-bond acceptors (Lipinski definition) is 6. The molecular weight excluding hydrogens is 539 g/mol. The number of carbonyl (C=O) groups is 2. The molecule has 0 aromatic heterocycles. The highest BCUT2D eigenvalue weighted by Crippen LogP contribution is 2.42. The van der Waals surface area contributed by atoms with E-state index in [4.69, 9.17) is 14.2 Å². The van der Waals surface area contributed by atoms with Gasteiger partial charge in [0, 0.05) is 18.4 Å². The normalized spacial score (nSPS) is 19.3. The van der Waals surface area contributed by atoms with E-state index >= 15 is 0 Å². The van der Waals surface area contributed by atoms with Gasteiger partial charge in [0.05, 0.1) is 31.5 Å². The van der Waals surface area contributed by atoms with Gasteiger partial charge >= 0.3 is 6.18 Å². The summed E-state index contributed by atoms with van der Waals surface area (Å²) < 4.78 is 57.0. The van der Waals surface area contributed by atoms with Gasteiger partial charge in [0.2, 0.25) is 5.91 Å². The summed E-state index contributed by atoms with van der Waals surface area (Å²) in [5.41, 5.74) is -0.235. The van der Waals surface area contributed by atoms with E-state index in [1.54, 1.807) is 56.4 Å². The number of amides is 2. The molecule has 0 aliphatic carbocycles. The van der Waals surface area contributed by atoms with Crippen molar-refractivity contribution in [3.05, 3.63) is 66.2 Å². The lowest BCUT2D eigenvalue weighted by Gasteiger charge is -2.41. The quantitative estimate of drug-likeness (QED) is 0.439. The van der Waals surface area contributed by atoms with Gasteiger partial charge in [-0.1, -0.05) is 42.5 Å². The van der Waals surface area contributed by atoms with Gasteiger partial charge in [-0.25, -0.2) is 0 Å². The van der Waals surface area contributed by atoms with Crippen molar-refractivity contribution in [1.29, 1.82) is 0 Å². The van der Waals surface area contributed by atoms with Crippen molar-refractivity contribution < 1.29 is 37.0 Å². The van der Waals surface area contributed by atoms with Crippen molar-refractivity contribution in [3.63, 3.8) is 0 Å². The zero-order valence-corrected chi connectivity index (χ0v) is 22.8. The first-order valence-electron chi connectivity index (χ1n) is 13.5. The highest BCUT2D eigenvalue weighted by molar-refractivity contribution is 6.03. The number of carbonyl (C=O) groups excluding carboxylic acids is 2. The molecule has 5 rings (SSSR count). The molecule has 2 atom stereocenters. The Labute approximate surface area is 235 Å². The van der Waals surface area contributed by atoms with E-state index in [0.29, 0.717) is 48.4 Å². The van der Waals surface area contributed by atoms with Crippen molar-refractivity contribution in [3.8, 4) is 11.5 Å². The van der Waals surface area contributed by atoms with Gasteiger partial charge in [0.15, 0.2) is 6.61 Å². The highest BCUT2D eigenvalue weighted by atomic mass is 19.4. The third-order valence-electron chi connectivity index (χ3n) is 7.67. The molecule has 2 heterocycles. The number of para-hydroxylation sites is 2. The molecule has 3 aromatic carbocycles. The zero-order valence-electron chi connectivity index (χ0n) is 22.8. The molecule has 1 saturated heterocycles. The summed E-state index contributed by atoms with van der Waals surface area (Å²) in [7, 11) is 1.64. The number of benzene rings is 3. The van der Waals surface area contributed by atoms with Crippen LogP contribution < -0.4 is 25.0 Å². The SMILES string of the molecule is CN[C@@H](C)C(=O)N[C@@H]1C(=O)N(Cc2c(OCC(F)(F)F)ccc3ccccc23)c2ccccc2OC12CCOCC2. The van der Waals surface area contributed by atoms with Gasteiger partial charge in [0.1, 0.15) is 23.1 Å². The predicted molar refractivity (Wildman–Crippen MR) is 147 cm³/mol. The Morgan fingerprint density at radius 3 is 2.54 bits per heavy atom. The molecule has 1 fully saturated rings. The van der Waals surface area contributed by atoms with Crippen LogP contribution >= 0.6 is 0 Å². The van der Waals surface area contributed by atoms with Gasteiger partial charge in [-0.2, -0.15) is 13.2 Å². The molecule has 2 aliphatic heterocycles. The summed E-state index contributed by atoms with van der Waals surface area (Å²) in [6.45, 7) is 0.759. The maximum Gasteiger partial charge on any atom is 0.422 e. The highest BCUT2D eigenvalue weighted by Gasteiger charge is 2.52. The number of nitrogens with zero attached hydrogens (tertiary/aromatic N) is 1. The minimum absolute atomic E-state index is 0.0154. The summed E-state index contributed by atoms with van der Waals surface area (Å²) in [5.74, 6) is -0.380. The van der Waals surface area contributed by atoms with Crippen LogP contribution in [-0.4, -0.2) is 62.5 Å². The first-order valence-corrected chi connectivity index (χ1v) is 13.5. The maximum absolute atomic E-state index is 14.5. The largest absolute Gasteiger partial charge is 0.484 e. The Morgan fingerprint density at radius 1 is 1.10 bits per heavy atom. The monoisotopic (exact) mass is 571 g/mol. The second kappa shape index (κ2) is 11.6. The van der Waals surface area contributed by atoms with E-state index in [1.165, 1.54) is 11.0 Å². The van der Waals surface area contributed by atoms with Crippen LogP contribution in [0.15, 0.2) is 60.7 Å². The Bertz CT molecular complexity index is 1420. The Morgan fingerprint density at radius 2 is 1.80 bits per heavy atom. The van der Waals surface area contributed by atoms with Crippen LogP contribution in [0.2, 0.25) is 0 Å². The molecule has 218 valence electrons. The summed E-state index contributed by atoms with van der Waals surface area (Å²) in [6, 6.07) is 15.7. The van der Waals surface area contributed by atoms with Crippen LogP contribution in [0, 0.1) is 0 Å². The van der Waals surface area contributed by atoms with Crippen LogP contribution in [0.3, 0.4) is 0 Å². The lowest BCUT2D eigenvalue weighted by molar-refractivity contribution is -0.153. The second-order valence-corrected chi connectivity index (χ2v) is 10.3. The number of anilines is 1. The minimum Gasteiger partial charge on any atom is -0.484 e. The molecule has 2 aliphatic rings. The van der Waals surface area contributed by atoms with E-state index in [-0.39, 0.29) is 18.2 Å². The second-order valence-electron chi connectivity index (χ2n) is 10.3. The number of ether oxygens (including phenoxy) is 3. The van der Waals surface area contributed by atoms with Gasteiger partial charge < -0.3 is 29.7 Å². The standard InChI is InChI=1S/C30H32F3N3O5/c1-19(34-2)27(37)35-26-28(38)36(23-9-5-6-10-25(23)41-29(26)13-15-39-16-14-29)17-22-21-8-4-3-7-20(21)11-12-24(22)40-18-30(31,32)33/h3-12,19,26,34H,13-18H2,1-2H3,(H,35,37)/t19-,26+/m0/s1. The predicted octanol–water partition coefficient (Wildman–Crippen LogP) is 4.35. The van der Waals surface area contributed by atoms with Crippen LogP contribution in [0.4, 0.5) is 18.9 Å². The van der Waals surface area contributed by atoms with E-state index in [0.717, 1.165) is 5.39 Å². The summed E-state index contributed by atoms with van der Waals surface area (Å²) in [4.78, 5) is 29.1. The number of rotatable bonds is 7. The molecule has 0 bridgehead atoms. The molecular formula is C30H32F3N3O5. The Balaban J connectivity index is 1.63. The van der Waals surface area contributed by atoms with E-state index in [2.05, 4.69) is 10.6 Å². The first-order chi connectivity index (χ1) is 19.6. The summed E-state index contributed by atoms with van der Waals surface area (Å²) >= 11 is 0. The number of fused-ring (bicyclic) bond motifs is 2. The van der Waals surface area contributed by atoms with Gasteiger partial charge in [-0.15, -0.1) is 0 Å². The van der Waals surface area contributed by atoms with Crippen LogP contribution in [-0.2, 0) is 20.9 Å². The van der Waals surface area contributed by atoms with Crippen molar-refractivity contribution in [2.45, 2.75) is 50.2 Å². The average Bonchev–Trinajstić information content (AvgIpc) is 3.05. The zero-order chi connectivity index (χ0) is 29.2. The lowest BCUT2D eigenvalue weighted by atomic mass is 9.84. The first kappa shape index (κ1) is 28.7. The number of halogens is 3. The minimum atomic E-state index is -4.55. The molecule has 0 saturated carbocycles. The number of alkyl halides is 3. The molecule has 0 radical (unpaired) electrons. The fourth-order valence-corrected chi connectivity index (χ4v) is 5.34. The van der Waals surface area contributed by atoms with E-state index < -0.39 is 36.4 Å². The molecule has 8 nitrogen and oxygen atoms in total. The van der Waals surface area contributed by atoms with Crippen molar-refractivity contribution in [2.24, 2.45) is 0 Å². The van der Waals surface area contributed by atoms with Crippen molar-refractivity contribution in [2.75, 3.05) is 31.8 Å². The maximum atomic E-state index is 14.5. The molecule has 11 heteroatoms. The molecule has 41 heavy (non-hydrogen) atoms. The van der Waals surface area contributed by atoms with Crippen molar-refractivity contribution >= 4 is 28.3 Å². The molecule has 3 aromatic rings. The Hall–Kier alpha value is -3.83. The number of likely N-dealkylation sites (N-methyl/N-ethyl adjacent to an activating group) is 1. The van der Waals surface area contributed by atoms with Gasteiger partial charge in [-0.05, 0) is 42.9 Å². The van der Waals surface area contributed by atoms with Gasteiger partial charge in [0.25, 0.3) is 5.91 Å². The molecule has 2 amide bonds. The van der Waals surface area contributed by atoms with Gasteiger partial charge in [-0.3, -0.25) is 9.59 Å². The summed E-state index contributed by atoms with van der Waals surface area (Å²) in [5, 5.41) is 7.23. The smallest absolute Gasteiger partial charge is 0.422 e. The molecule has 1 spiro atoms. The topological polar surface area (TPSA) is 89.1 Å². The lowest BCUT2D eigenvalue weighted by Crippen LogP contribution is -2.65. The number of nitrogens with one attached hydrogen (secondary N) is 2. The third-order valence-corrected chi connectivity index (χ3v) is 7.67. The third kappa shape index (κ3) is 5.96. The van der Waals surface area contributed by atoms with Crippen LogP contribution in [0.1, 0.15) is 25.3 Å². The Kier molecular flexibility index (Phi) is 8.10. The molecule has 0 unspecified atom stereocenters. The van der Waals surface area contributed by atoms with E-state index in [1.807, 2.05) is 12.1 Å².